The van der Waals surface area contributed by atoms with Gasteiger partial charge in [0.05, 0.1) is 12.7 Å². The third kappa shape index (κ3) is 7.73. The highest BCUT2D eigenvalue weighted by Gasteiger charge is 1.97. The van der Waals surface area contributed by atoms with E-state index in [9.17, 15) is 0 Å². The van der Waals surface area contributed by atoms with Crippen molar-refractivity contribution in [1.82, 2.24) is 0 Å². The molecule has 0 rings (SSSR count). The Kier molecular flexibility index (Phi) is 10.8. The summed E-state index contributed by atoms with van der Waals surface area (Å²) < 4.78 is 4.77. The van der Waals surface area contributed by atoms with Gasteiger partial charge in [0.2, 0.25) is 0 Å². The molecule has 0 aliphatic heterocycles. The third-order valence-corrected chi connectivity index (χ3v) is 0.768. The molecule has 0 aromatic heterocycles. The summed E-state index contributed by atoms with van der Waals surface area (Å²) in [5.74, 6) is 2.27. The minimum Gasteiger partial charge on any atom is -0.389 e. The van der Waals surface area contributed by atoms with Gasteiger partial charge in [-0.3, -0.25) is 0 Å². The Balaban J connectivity index is 0. The minimum atomic E-state index is -0.585. The normalized spacial score (nSPS) is 11.3. The summed E-state index contributed by atoms with van der Waals surface area (Å²) in [6.07, 6.45) is 4.28. The molecule has 3 nitrogen and oxygen atoms in total. The minimum absolute atomic E-state index is 0. The lowest BCUT2D eigenvalue weighted by molar-refractivity contribution is 0.0565. The van der Waals surface area contributed by atoms with Crippen LogP contribution in [-0.4, -0.2) is 31.0 Å². The average Bonchev–Trinajstić information content (AvgIpc) is 1.89. The molecule has 0 aliphatic rings. The molecule has 0 aromatic carbocycles. The topological polar surface area (TPSA) is 55.5 Å². The van der Waals surface area contributed by atoms with Gasteiger partial charge in [-0.15, -0.1) is 18.8 Å². The highest BCUT2D eigenvalue weighted by Crippen LogP contribution is 1.79. The van der Waals surface area contributed by atoms with Gasteiger partial charge in [-0.05, 0) is 0 Å². The van der Waals surface area contributed by atoms with Crippen LogP contribution in [0.1, 0.15) is 0 Å². The van der Waals surface area contributed by atoms with Crippen LogP contribution in [0.4, 0.5) is 0 Å². The predicted octanol–water partition coefficient (Wildman–Crippen LogP) is -0.622. The second kappa shape index (κ2) is 8.73. The molecule has 0 heterocycles. The summed E-state index contributed by atoms with van der Waals surface area (Å²) in [4.78, 5) is 0. The average molecular weight is 166 g/mol. The van der Waals surface area contributed by atoms with Crippen LogP contribution < -0.4 is 5.73 Å². The first-order valence-electron chi connectivity index (χ1n) is 2.70. The number of halogens is 1. The van der Waals surface area contributed by atoms with Crippen LogP contribution in [0.2, 0.25) is 0 Å². The fourth-order valence-corrected chi connectivity index (χ4v) is 0.322. The maximum Gasteiger partial charge on any atom is 0.107 e. The van der Waals surface area contributed by atoms with Crippen LogP contribution >= 0.6 is 12.4 Å². The molecule has 0 spiro atoms. The van der Waals surface area contributed by atoms with Crippen molar-refractivity contribution in [2.75, 3.05) is 19.8 Å². The van der Waals surface area contributed by atoms with Crippen LogP contribution in [-0.2, 0) is 4.74 Å². The van der Waals surface area contributed by atoms with E-state index in [4.69, 9.17) is 22.0 Å². The summed E-state index contributed by atoms with van der Waals surface area (Å²) in [5.41, 5.74) is 5.07. The lowest BCUT2D eigenvalue weighted by atomic mass is 10.4. The Morgan fingerprint density at radius 3 is 2.70 bits per heavy atom. The lowest BCUT2D eigenvalue weighted by Gasteiger charge is -2.04. The molecular weight excluding hydrogens is 154 g/mol. The Hall–Kier alpha value is -0.270. The maximum absolute atomic E-state index is 8.77. The third-order valence-electron chi connectivity index (χ3n) is 0.768. The molecule has 4 heteroatoms. The summed E-state index contributed by atoms with van der Waals surface area (Å²) in [7, 11) is 0. The second-order valence-electron chi connectivity index (χ2n) is 1.61. The molecular formula is C6H12ClNO2. The Morgan fingerprint density at radius 1 is 1.70 bits per heavy atom. The first-order valence-corrected chi connectivity index (χ1v) is 2.70. The molecule has 3 N–H and O–H groups in total. The van der Waals surface area contributed by atoms with Crippen LogP contribution in [0, 0.1) is 12.3 Å². The molecule has 0 radical (unpaired) electrons. The van der Waals surface area contributed by atoms with E-state index in [2.05, 4.69) is 5.92 Å². The van der Waals surface area contributed by atoms with E-state index in [1.54, 1.807) is 0 Å². The Labute approximate surface area is 67.0 Å². The van der Waals surface area contributed by atoms with Crippen LogP contribution in [0.15, 0.2) is 0 Å². The summed E-state index contributed by atoms with van der Waals surface area (Å²) in [5, 5.41) is 8.77. The van der Waals surface area contributed by atoms with Crippen molar-refractivity contribution in [1.29, 1.82) is 0 Å². The highest BCUT2D eigenvalue weighted by atomic mass is 35.5. The molecule has 0 aromatic rings. The first kappa shape index (κ1) is 12.4. The zero-order valence-electron chi connectivity index (χ0n) is 5.62. The largest absolute Gasteiger partial charge is 0.389 e. The fraction of sp³-hybridized carbons (Fsp3) is 0.667. The van der Waals surface area contributed by atoms with E-state index in [1.807, 2.05) is 0 Å². The molecule has 10 heavy (non-hydrogen) atoms. The van der Waals surface area contributed by atoms with Crippen molar-refractivity contribution in [2.24, 2.45) is 5.73 Å². The lowest BCUT2D eigenvalue weighted by Crippen LogP contribution is -2.25. The number of terminal acetylenes is 1. The highest BCUT2D eigenvalue weighted by molar-refractivity contribution is 5.85. The second-order valence-corrected chi connectivity index (χ2v) is 1.61. The van der Waals surface area contributed by atoms with Gasteiger partial charge in [0, 0.05) is 6.54 Å². The predicted molar refractivity (Wildman–Crippen MR) is 42.0 cm³/mol. The zero-order chi connectivity index (χ0) is 7.11. The van der Waals surface area contributed by atoms with E-state index in [0.29, 0.717) is 0 Å². The van der Waals surface area contributed by atoms with Crippen molar-refractivity contribution in [3.63, 3.8) is 0 Å². The molecule has 1 atom stereocenters. The van der Waals surface area contributed by atoms with Gasteiger partial charge in [0.1, 0.15) is 6.61 Å². The first-order chi connectivity index (χ1) is 4.31. The maximum atomic E-state index is 8.77. The Morgan fingerprint density at radius 2 is 2.30 bits per heavy atom. The number of ether oxygens (including phenoxy) is 1. The molecule has 0 saturated heterocycles. The number of aliphatic hydroxyl groups excluding tert-OH is 1. The summed E-state index contributed by atoms with van der Waals surface area (Å²) >= 11 is 0. The smallest absolute Gasteiger partial charge is 0.107 e. The summed E-state index contributed by atoms with van der Waals surface area (Å²) in [6.45, 7) is 0.669. The molecule has 0 bridgehead atoms. The standard InChI is InChI=1S/C6H11NO2.ClH/c1-2-3-9-5-6(8)4-7;/h1,6,8H,3-5,7H2;1H. The van der Waals surface area contributed by atoms with Crippen molar-refractivity contribution >= 4 is 12.4 Å². The van der Waals surface area contributed by atoms with Gasteiger partial charge in [0.25, 0.3) is 0 Å². The van der Waals surface area contributed by atoms with Crippen LogP contribution in [0.5, 0.6) is 0 Å². The van der Waals surface area contributed by atoms with Crippen molar-refractivity contribution in [2.45, 2.75) is 6.10 Å². The van der Waals surface area contributed by atoms with Crippen LogP contribution in [0.25, 0.3) is 0 Å². The van der Waals surface area contributed by atoms with E-state index >= 15 is 0 Å². The number of hydrogen-bond donors (Lipinski definition) is 2. The van der Waals surface area contributed by atoms with Gasteiger partial charge < -0.3 is 15.6 Å². The number of rotatable bonds is 4. The van der Waals surface area contributed by atoms with E-state index in [1.165, 1.54) is 0 Å². The van der Waals surface area contributed by atoms with Gasteiger partial charge >= 0.3 is 0 Å². The van der Waals surface area contributed by atoms with Gasteiger partial charge in [0.15, 0.2) is 0 Å². The monoisotopic (exact) mass is 165 g/mol. The number of hydrogen-bond acceptors (Lipinski definition) is 3. The number of nitrogens with two attached hydrogens (primary N) is 1. The Bertz CT molecular complexity index is 102. The van der Waals surface area contributed by atoms with E-state index in [-0.39, 0.29) is 32.2 Å². The van der Waals surface area contributed by atoms with Gasteiger partial charge in [-0.25, -0.2) is 0 Å². The molecule has 0 saturated carbocycles. The van der Waals surface area contributed by atoms with Gasteiger partial charge in [-0.1, -0.05) is 5.92 Å². The van der Waals surface area contributed by atoms with E-state index < -0.39 is 6.10 Å². The van der Waals surface area contributed by atoms with Crippen molar-refractivity contribution in [3.8, 4) is 12.3 Å². The molecule has 0 fully saturated rings. The quantitative estimate of drug-likeness (QED) is 0.431. The van der Waals surface area contributed by atoms with Crippen molar-refractivity contribution < 1.29 is 9.84 Å². The molecule has 0 amide bonds. The fourth-order valence-electron chi connectivity index (χ4n) is 0.322. The van der Waals surface area contributed by atoms with Crippen molar-refractivity contribution in [3.05, 3.63) is 0 Å². The molecule has 60 valence electrons. The van der Waals surface area contributed by atoms with E-state index in [0.717, 1.165) is 0 Å². The number of aliphatic hydroxyl groups is 1. The summed E-state index contributed by atoms with van der Waals surface area (Å²) in [6, 6.07) is 0. The SMILES string of the molecule is C#CCOCC(O)CN.Cl. The molecule has 1 unspecified atom stereocenters. The van der Waals surface area contributed by atoms with Gasteiger partial charge in [-0.2, -0.15) is 0 Å². The van der Waals surface area contributed by atoms with Crippen LogP contribution in [0.3, 0.4) is 0 Å². The zero-order valence-corrected chi connectivity index (χ0v) is 6.43. The molecule has 0 aliphatic carbocycles.